The van der Waals surface area contributed by atoms with Gasteiger partial charge in [-0.2, -0.15) is 13.2 Å². The van der Waals surface area contributed by atoms with Crippen LogP contribution in [0.3, 0.4) is 0 Å². The van der Waals surface area contributed by atoms with Crippen LogP contribution in [-0.4, -0.2) is 49.8 Å². The normalized spacial score (nSPS) is 14.4. The van der Waals surface area contributed by atoms with Crippen molar-refractivity contribution in [3.8, 4) is 0 Å². The number of alkyl halides is 3. The molecular weight excluding hydrogens is 477 g/mol. The summed E-state index contributed by atoms with van der Waals surface area (Å²) in [5.74, 6) is -3.82. The number of hydrogen-bond acceptors (Lipinski definition) is 5. The van der Waals surface area contributed by atoms with E-state index in [2.05, 4.69) is 9.62 Å². The maximum absolute atomic E-state index is 12.7. The van der Waals surface area contributed by atoms with Gasteiger partial charge in [-0.1, -0.05) is 31.0 Å². The number of carboxylic acids is 2. The number of aromatic carboxylic acids is 1. The Kier molecular flexibility index (Phi) is 8.91. The molecule has 2 aromatic carbocycles. The number of aliphatic carboxylic acids is 1. The Morgan fingerprint density at radius 1 is 0.971 bits per heavy atom. The molecule has 3 rings (SSSR count). The molecule has 0 bridgehead atoms. The quantitative estimate of drug-likeness (QED) is 0.550. The summed E-state index contributed by atoms with van der Waals surface area (Å²) < 4.78 is 59.6. The van der Waals surface area contributed by atoms with Crippen LogP contribution < -0.4 is 9.62 Å². The molecule has 3 N–H and O–H groups in total. The molecule has 8 nitrogen and oxygen atoms in total. The first-order chi connectivity index (χ1) is 15.8. The Bertz CT molecular complexity index is 1130. The molecule has 0 aromatic heterocycles. The van der Waals surface area contributed by atoms with E-state index < -0.39 is 28.1 Å². The van der Waals surface area contributed by atoms with Crippen molar-refractivity contribution >= 4 is 33.3 Å². The summed E-state index contributed by atoms with van der Waals surface area (Å²) in [7, 11) is -3.79. The molecule has 1 fully saturated rings. The third kappa shape index (κ3) is 7.37. The first kappa shape index (κ1) is 27.0. The van der Waals surface area contributed by atoms with E-state index in [9.17, 15) is 31.5 Å². The first-order valence-corrected chi connectivity index (χ1v) is 11.8. The summed E-state index contributed by atoms with van der Waals surface area (Å²) in [6.45, 7) is 3.35. The maximum Gasteiger partial charge on any atom is 0.490 e. The number of halogens is 3. The van der Waals surface area contributed by atoms with Crippen LogP contribution in [0.2, 0.25) is 0 Å². The van der Waals surface area contributed by atoms with Gasteiger partial charge in [-0.25, -0.2) is 18.0 Å². The molecule has 0 atom stereocenters. The Hall–Kier alpha value is -3.28. The van der Waals surface area contributed by atoms with E-state index in [4.69, 9.17) is 9.90 Å². The first-order valence-electron chi connectivity index (χ1n) is 10.3. The highest BCUT2D eigenvalue weighted by Gasteiger charge is 2.38. The highest BCUT2D eigenvalue weighted by molar-refractivity contribution is 7.92. The highest BCUT2D eigenvalue weighted by Crippen LogP contribution is 2.28. The molecule has 1 heterocycles. The molecule has 186 valence electrons. The van der Waals surface area contributed by atoms with Crippen LogP contribution in [0.15, 0.2) is 47.4 Å². The predicted molar refractivity (Wildman–Crippen MR) is 120 cm³/mol. The van der Waals surface area contributed by atoms with Gasteiger partial charge in [0.05, 0.1) is 16.1 Å². The second kappa shape index (κ2) is 11.2. The molecule has 1 aliphatic rings. The Balaban J connectivity index is 0.000000509. The van der Waals surface area contributed by atoms with E-state index in [-0.39, 0.29) is 16.1 Å². The second-order valence-corrected chi connectivity index (χ2v) is 9.26. The molecule has 0 spiro atoms. The molecule has 0 saturated carbocycles. The van der Waals surface area contributed by atoms with Gasteiger partial charge in [0, 0.05) is 18.8 Å². The molecule has 1 saturated heterocycles. The highest BCUT2D eigenvalue weighted by atomic mass is 32.2. The largest absolute Gasteiger partial charge is 0.490 e. The number of carboxylic acid groups (broad SMARTS) is 2. The lowest BCUT2D eigenvalue weighted by Crippen LogP contribution is -2.26. The molecule has 2 aromatic rings. The van der Waals surface area contributed by atoms with E-state index >= 15 is 0 Å². The van der Waals surface area contributed by atoms with Crippen LogP contribution in [-0.2, 0) is 14.8 Å². The van der Waals surface area contributed by atoms with Crippen molar-refractivity contribution in [2.75, 3.05) is 22.7 Å². The Morgan fingerprint density at radius 2 is 1.53 bits per heavy atom. The van der Waals surface area contributed by atoms with Gasteiger partial charge in [0.25, 0.3) is 10.0 Å². The van der Waals surface area contributed by atoms with E-state index in [1.54, 1.807) is 37.3 Å². The standard InChI is InChI=1S/C20H24N2O4S.C2HF3O2/c1-15-8-4-5-9-19(15)27(25,26)21-16-10-11-18(17(14-16)20(23)24)22-12-6-2-3-7-13-22;3-2(4,5)1(6)7/h4-5,8-11,14,21H,2-3,6-7,12-13H2,1H3,(H,23,24);(H,6,7). The van der Waals surface area contributed by atoms with Crippen molar-refractivity contribution in [2.24, 2.45) is 0 Å². The molecule has 34 heavy (non-hydrogen) atoms. The third-order valence-corrected chi connectivity index (χ3v) is 6.59. The van der Waals surface area contributed by atoms with Crippen LogP contribution in [0.5, 0.6) is 0 Å². The summed E-state index contributed by atoms with van der Waals surface area (Å²) >= 11 is 0. The minimum atomic E-state index is -5.08. The van der Waals surface area contributed by atoms with Gasteiger partial charge in [0.2, 0.25) is 0 Å². The zero-order valence-electron chi connectivity index (χ0n) is 18.3. The fourth-order valence-electron chi connectivity index (χ4n) is 3.43. The lowest BCUT2D eigenvalue weighted by molar-refractivity contribution is -0.192. The van der Waals surface area contributed by atoms with Crippen LogP contribution in [0.1, 0.15) is 41.6 Å². The van der Waals surface area contributed by atoms with Gasteiger partial charge in [0.15, 0.2) is 0 Å². The molecule has 0 radical (unpaired) electrons. The minimum Gasteiger partial charge on any atom is -0.478 e. The number of anilines is 2. The van der Waals surface area contributed by atoms with E-state index in [1.165, 1.54) is 12.1 Å². The van der Waals surface area contributed by atoms with Crippen LogP contribution in [0.25, 0.3) is 0 Å². The molecular formula is C22H25F3N2O6S. The summed E-state index contributed by atoms with van der Waals surface area (Å²) in [5, 5.41) is 16.8. The van der Waals surface area contributed by atoms with Crippen molar-refractivity contribution in [3.05, 3.63) is 53.6 Å². The number of nitrogens with zero attached hydrogens (tertiary/aromatic N) is 1. The number of rotatable bonds is 5. The summed E-state index contributed by atoms with van der Waals surface area (Å²) in [5.41, 5.74) is 1.63. The van der Waals surface area contributed by atoms with Gasteiger partial charge >= 0.3 is 18.1 Å². The molecule has 0 aliphatic carbocycles. The van der Waals surface area contributed by atoms with Crippen LogP contribution in [0.4, 0.5) is 24.5 Å². The smallest absolute Gasteiger partial charge is 0.478 e. The van der Waals surface area contributed by atoms with E-state index in [1.807, 2.05) is 0 Å². The summed E-state index contributed by atoms with van der Waals surface area (Å²) in [6, 6.07) is 11.4. The van der Waals surface area contributed by atoms with Crippen molar-refractivity contribution in [1.82, 2.24) is 0 Å². The average Bonchev–Trinajstić information content (AvgIpc) is 3.03. The number of aryl methyl sites for hydroxylation is 1. The minimum absolute atomic E-state index is 0.113. The Labute approximate surface area is 195 Å². The fraction of sp³-hybridized carbons (Fsp3) is 0.364. The van der Waals surface area contributed by atoms with E-state index in [0.29, 0.717) is 11.3 Å². The number of carbonyl (C=O) groups is 2. The number of nitrogens with one attached hydrogen (secondary N) is 1. The summed E-state index contributed by atoms with van der Waals surface area (Å²) in [4.78, 5) is 22.9. The van der Waals surface area contributed by atoms with Crippen molar-refractivity contribution in [2.45, 2.75) is 43.7 Å². The lowest BCUT2D eigenvalue weighted by atomic mass is 10.1. The summed E-state index contributed by atoms with van der Waals surface area (Å²) in [6.07, 6.45) is -0.734. The van der Waals surface area contributed by atoms with E-state index in [0.717, 1.165) is 38.8 Å². The lowest BCUT2D eigenvalue weighted by Gasteiger charge is -2.25. The Morgan fingerprint density at radius 3 is 2.03 bits per heavy atom. The zero-order valence-corrected chi connectivity index (χ0v) is 19.1. The molecule has 1 aliphatic heterocycles. The van der Waals surface area contributed by atoms with Crippen molar-refractivity contribution in [3.63, 3.8) is 0 Å². The molecule has 12 heteroatoms. The molecule has 0 amide bonds. The van der Waals surface area contributed by atoms with Gasteiger partial charge in [-0.3, -0.25) is 4.72 Å². The topological polar surface area (TPSA) is 124 Å². The van der Waals surface area contributed by atoms with Gasteiger partial charge in [-0.15, -0.1) is 0 Å². The van der Waals surface area contributed by atoms with Crippen molar-refractivity contribution in [1.29, 1.82) is 0 Å². The van der Waals surface area contributed by atoms with Gasteiger partial charge in [0.1, 0.15) is 0 Å². The average molecular weight is 503 g/mol. The van der Waals surface area contributed by atoms with Gasteiger partial charge in [-0.05, 0) is 49.6 Å². The van der Waals surface area contributed by atoms with Crippen molar-refractivity contribution < 1.29 is 41.4 Å². The number of benzene rings is 2. The molecule has 0 unspecified atom stereocenters. The third-order valence-electron chi connectivity index (χ3n) is 5.05. The maximum atomic E-state index is 12.7. The monoisotopic (exact) mass is 502 g/mol. The number of hydrogen-bond donors (Lipinski definition) is 3. The fourth-order valence-corrected chi connectivity index (χ4v) is 4.72. The van der Waals surface area contributed by atoms with Crippen LogP contribution in [0, 0.1) is 6.92 Å². The van der Waals surface area contributed by atoms with Gasteiger partial charge < -0.3 is 15.1 Å². The predicted octanol–water partition coefficient (Wildman–Crippen LogP) is 4.51. The van der Waals surface area contributed by atoms with Crippen LogP contribution >= 0.6 is 0 Å². The number of sulfonamides is 1. The SMILES string of the molecule is Cc1ccccc1S(=O)(=O)Nc1ccc(N2CCCCCC2)c(C(=O)O)c1.O=C(O)C(F)(F)F. The second-order valence-electron chi connectivity index (χ2n) is 7.61. The zero-order chi connectivity index (χ0) is 25.5.